The molecule has 0 bridgehead atoms. The normalized spacial score (nSPS) is 20.2. The zero-order chi connectivity index (χ0) is 16.9. The van der Waals surface area contributed by atoms with Crippen molar-refractivity contribution in [2.75, 3.05) is 25.5 Å². The van der Waals surface area contributed by atoms with Crippen LogP contribution in [0.5, 0.6) is 0 Å². The molecule has 1 aliphatic heterocycles. The summed E-state index contributed by atoms with van der Waals surface area (Å²) < 4.78 is 0. The van der Waals surface area contributed by atoms with Crippen molar-refractivity contribution in [2.24, 2.45) is 5.92 Å². The van der Waals surface area contributed by atoms with Gasteiger partial charge in [0.1, 0.15) is 5.82 Å². The van der Waals surface area contributed by atoms with Crippen LogP contribution in [0.25, 0.3) is 0 Å². The molecule has 1 fully saturated rings. The quantitative estimate of drug-likeness (QED) is 0.785. The van der Waals surface area contributed by atoms with Crippen LogP contribution in [0, 0.1) is 5.92 Å². The topological polar surface area (TPSA) is 74.3 Å². The van der Waals surface area contributed by atoms with Gasteiger partial charge in [-0.25, -0.2) is 4.98 Å². The van der Waals surface area contributed by atoms with E-state index in [1.54, 1.807) is 29.5 Å². The lowest BCUT2D eigenvalue weighted by molar-refractivity contribution is -0.128. The summed E-state index contributed by atoms with van der Waals surface area (Å²) in [5.41, 5.74) is 0. The van der Waals surface area contributed by atoms with E-state index in [1.807, 2.05) is 35.7 Å². The number of nitrogens with zero attached hydrogens (tertiary/aromatic N) is 2. The number of pyridine rings is 1. The molecule has 6 nitrogen and oxygen atoms in total. The number of aromatic nitrogens is 1. The molecule has 0 aromatic carbocycles. The lowest BCUT2D eigenvalue weighted by Gasteiger charge is -2.23. The van der Waals surface area contributed by atoms with Crippen LogP contribution in [-0.2, 0) is 9.59 Å². The van der Waals surface area contributed by atoms with Gasteiger partial charge >= 0.3 is 0 Å². The summed E-state index contributed by atoms with van der Waals surface area (Å²) in [4.78, 5) is 31.5. The fourth-order valence-electron chi connectivity index (χ4n) is 2.93. The van der Waals surface area contributed by atoms with E-state index in [2.05, 4.69) is 15.6 Å². The van der Waals surface area contributed by atoms with E-state index in [-0.39, 0.29) is 30.2 Å². The minimum absolute atomic E-state index is 0.0140. The average molecular weight is 344 g/mol. The first-order chi connectivity index (χ1) is 11.7. The molecule has 0 saturated carbocycles. The number of likely N-dealkylation sites (tertiary alicyclic amines) is 1. The molecule has 2 N–H and O–H groups in total. The van der Waals surface area contributed by atoms with Crippen LogP contribution in [0.3, 0.4) is 0 Å². The van der Waals surface area contributed by atoms with Gasteiger partial charge in [-0.2, -0.15) is 0 Å². The van der Waals surface area contributed by atoms with Crippen LogP contribution in [-0.4, -0.2) is 41.8 Å². The van der Waals surface area contributed by atoms with Gasteiger partial charge in [-0.3, -0.25) is 9.59 Å². The number of carbonyl (C=O) groups is 2. The van der Waals surface area contributed by atoms with Crippen molar-refractivity contribution in [2.45, 2.75) is 12.5 Å². The maximum Gasteiger partial charge on any atom is 0.226 e. The van der Waals surface area contributed by atoms with Gasteiger partial charge in [0.05, 0.1) is 12.0 Å². The summed E-state index contributed by atoms with van der Waals surface area (Å²) >= 11 is 1.58. The largest absolute Gasteiger partial charge is 0.368 e. The first kappa shape index (κ1) is 16.4. The zero-order valence-electron chi connectivity index (χ0n) is 13.4. The number of rotatable bonds is 6. The maximum absolute atomic E-state index is 12.5. The van der Waals surface area contributed by atoms with Gasteiger partial charge in [0.25, 0.3) is 0 Å². The summed E-state index contributed by atoms with van der Waals surface area (Å²) in [6, 6.07) is 9.39. The van der Waals surface area contributed by atoms with Crippen molar-refractivity contribution >= 4 is 29.0 Å². The van der Waals surface area contributed by atoms with Crippen LogP contribution in [0.2, 0.25) is 0 Å². The Labute approximate surface area is 144 Å². The van der Waals surface area contributed by atoms with Crippen molar-refractivity contribution in [1.82, 2.24) is 15.2 Å². The highest BCUT2D eigenvalue weighted by Crippen LogP contribution is 2.38. The minimum Gasteiger partial charge on any atom is -0.368 e. The predicted octanol–water partition coefficient (Wildman–Crippen LogP) is 1.89. The second-order valence-corrected chi connectivity index (χ2v) is 6.69. The lowest BCUT2D eigenvalue weighted by atomic mass is 9.98. The van der Waals surface area contributed by atoms with Gasteiger partial charge in [0, 0.05) is 37.6 Å². The highest BCUT2D eigenvalue weighted by Gasteiger charge is 2.42. The van der Waals surface area contributed by atoms with E-state index in [1.165, 1.54) is 0 Å². The summed E-state index contributed by atoms with van der Waals surface area (Å²) in [5.74, 6) is 0.379. The third-order valence-corrected chi connectivity index (χ3v) is 5.10. The van der Waals surface area contributed by atoms with Crippen LogP contribution < -0.4 is 10.6 Å². The van der Waals surface area contributed by atoms with Crippen molar-refractivity contribution in [3.05, 3.63) is 46.8 Å². The Balaban J connectivity index is 1.54. The van der Waals surface area contributed by atoms with Crippen LogP contribution in [0.4, 0.5) is 5.82 Å². The molecule has 0 radical (unpaired) electrons. The van der Waals surface area contributed by atoms with Crippen LogP contribution in [0.1, 0.15) is 17.3 Å². The Morgan fingerprint density at radius 1 is 1.33 bits per heavy atom. The van der Waals surface area contributed by atoms with Crippen molar-refractivity contribution in [1.29, 1.82) is 0 Å². The van der Waals surface area contributed by atoms with Gasteiger partial charge in [0.2, 0.25) is 11.8 Å². The fraction of sp³-hybridized carbons (Fsp3) is 0.353. The number of nitrogens with one attached hydrogen (secondary N) is 2. The van der Waals surface area contributed by atoms with E-state index in [4.69, 9.17) is 0 Å². The minimum atomic E-state index is -0.337. The van der Waals surface area contributed by atoms with Crippen molar-refractivity contribution in [3.63, 3.8) is 0 Å². The standard InChI is InChI=1S/C17H20N4O2S/c1-21-15(22)11-12(16(21)13-5-4-10-24-13)17(23)20-9-8-19-14-6-2-3-7-18-14/h2-7,10,12,16H,8-9,11H2,1H3,(H,18,19)(H,20,23)/t12-,16+/m0/s1. The molecule has 7 heteroatoms. The second-order valence-electron chi connectivity index (χ2n) is 5.71. The Hall–Kier alpha value is -2.41. The van der Waals surface area contributed by atoms with Gasteiger partial charge in [-0.15, -0.1) is 11.3 Å². The number of carbonyl (C=O) groups excluding carboxylic acids is 2. The first-order valence-electron chi connectivity index (χ1n) is 7.88. The van der Waals surface area contributed by atoms with E-state index < -0.39 is 0 Å². The molecule has 0 spiro atoms. The number of anilines is 1. The van der Waals surface area contributed by atoms with Crippen molar-refractivity contribution in [3.8, 4) is 0 Å². The molecule has 2 amide bonds. The molecule has 2 aromatic heterocycles. The molecular weight excluding hydrogens is 324 g/mol. The van der Waals surface area contributed by atoms with E-state index in [9.17, 15) is 9.59 Å². The van der Waals surface area contributed by atoms with Crippen LogP contribution >= 0.6 is 11.3 Å². The lowest BCUT2D eigenvalue weighted by Crippen LogP contribution is -2.36. The third-order valence-electron chi connectivity index (χ3n) is 4.15. The van der Waals surface area contributed by atoms with Gasteiger partial charge < -0.3 is 15.5 Å². The molecule has 3 rings (SSSR count). The number of hydrogen-bond donors (Lipinski definition) is 2. The molecule has 1 aliphatic rings. The van der Waals surface area contributed by atoms with E-state index in [0.29, 0.717) is 13.1 Å². The molecule has 24 heavy (non-hydrogen) atoms. The Kier molecular flexibility index (Phi) is 5.10. The molecule has 1 saturated heterocycles. The molecule has 0 unspecified atom stereocenters. The predicted molar refractivity (Wildman–Crippen MR) is 93.7 cm³/mol. The van der Waals surface area contributed by atoms with Gasteiger partial charge in [-0.05, 0) is 23.6 Å². The average Bonchev–Trinajstić information content (AvgIpc) is 3.21. The monoisotopic (exact) mass is 344 g/mol. The molecule has 0 aliphatic carbocycles. The Morgan fingerprint density at radius 2 is 2.21 bits per heavy atom. The summed E-state index contributed by atoms with van der Waals surface area (Å²) in [6.45, 7) is 1.07. The number of hydrogen-bond acceptors (Lipinski definition) is 5. The van der Waals surface area contributed by atoms with E-state index in [0.717, 1.165) is 10.7 Å². The van der Waals surface area contributed by atoms with Crippen molar-refractivity contribution < 1.29 is 9.59 Å². The zero-order valence-corrected chi connectivity index (χ0v) is 14.3. The smallest absolute Gasteiger partial charge is 0.226 e. The fourth-order valence-corrected chi connectivity index (χ4v) is 3.86. The summed E-state index contributed by atoms with van der Waals surface area (Å²) in [5, 5.41) is 8.04. The third kappa shape index (κ3) is 3.56. The summed E-state index contributed by atoms with van der Waals surface area (Å²) in [7, 11) is 1.77. The Bertz CT molecular complexity index is 690. The van der Waals surface area contributed by atoms with Gasteiger partial charge in [0.15, 0.2) is 0 Å². The molecule has 3 heterocycles. The van der Waals surface area contributed by atoms with Gasteiger partial charge in [-0.1, -0.05) is 12.1 Å². The highest BCUT2D eigenvalue weighted by atomic mass is 32.1. The van der Waals surface area contributed by atoms with Crippen LogP contribution in [0.15, 0.2) is 41.9 Å². The Morgan fingerprint density at radius 3 is 2.92 bits per heavy atom. The molecule has 2 aromatic rings. The second kappa shape index (κ2) is 7.44. The molecule has 126 valence electrons. The maximum atomic E-state index is 12.5. The first-order valence-corrected chi connectivity index (χ1v) is 8.76. The summed E-state index contributed by atoms with van der Waals surface area (Å²) in [6.07, 6.45) is 1.98. The molecule has 2 atom stereocenters. The van der Waals surface area contributed by atoms with E-state index >= 15 is 0 Å². The SMILES string of the molecule is CN1C(=O)C[C@H](C(=O)NCCNc2ccccn2)[C@@H]1c1cccs1. The highest BCUT2D eigenvalue weighted by molar-refractivity contribution is 7.10. The number of thiophene rings is 1. The number of amides is 2. The molecular formula is C17H20N4O2S.